The van der Waals surface area contributed by atoms with Crippen LogP contribution in [0.4, 0.5) is 0 Å². The van der Waals surface area contributed by atoms with Gasteiger partial charge in [0.15, 0.2) is 0 Å². The lowest BCUT2D eigenvalue weighted by molar-refractivity contribution is -0.0935. The van der Waals surface area contributed by atoms with Gasteiger partial charge < -0.3 is 19.9 Å². The number of pyridine rings is 1. The summed E-state index contributed by atoms with van der Waals surface area (Å²) >= 11 is 0. The summed E-state index contributed by atoms with van der Waals surface area (Å²) in [4.78, 5) is 4.02. The molecule has 2 heterocycles. The molecule has 2 N–H and O–H groups in total. The van der Waals surface area contributed by atoms with Crippen LogP contribution in [0, 0.1) is 0 Å². The van der Waals surface area contributed by atoms with Crippen LogP contribution in [0.15, 0.2) is 18.5 Å². The zero-order valence-electron chi connectivity index (χ0n) is 9.80. The summed E-state index contributed by atoms with van der Waals surface area (Å²) in [7, 11) is 0. The molecule has 5 heteroatoms. The molecule has 17 heavy (non-hydrogen) atoms. The molecule has 0 spiro atoms. The van der Waals surface area contributed by atoms with Crippen molar-refractivity contribution in [2.45, 2.75) is 19.1 Å². The molecule has 0 bridgehead atoms. The first-order valence-corrected chi connectivity index (χ1v) is 5.85. The van der Waals surface area contributed by atoms with Gasteiger partial charge in [-0.1, -0.05) is 0 Å². The molecular formula is C12H18N2O3. The minimum Gasteiger partial charge on any atom is -0.492 e. The Bertz CT molecular complexity index is 340. The molecule has 0 aromatic carbocycles. The standard InChI is InChI=1S/C12H18N2O3/c13-7-10-1-3-14-8-12(10)17-4-2-11-9-15-5-6-16-11/h1,3,8,11H,2,4-7,9,13H2. The van der Waals surface area contributed by atoms with E-state index in [-0.39, 0.29) is 6.10 Å². The second-order valence-electron chi connectivity index (χ2n) is 3.89. The lowest BCUT2D eigenvalue weighted by atomic mass is 10.2. The third kappa shape index (κ3) is 3.66. The van der Waals surface area contributed by atoms with Gasteiger partial charge in [0, 0.05) is 24.7 Å². The smallest absolute Gasteiger partial charge is 0.142 e. The van der Waals surface area contributed by atoms with E-state index in [1.807, 2.05) is 6.07 Å². The first-order valence-electron chi connectivity index (χ1n) is 5.85. The van der Waals surface area contributed by atoms with E-state index in [0.717, 1.165) is 17.7 Å². The highest BCUT2D eigenvalue weighted by Crippen LogP contribution is 2.16. The summed E-state index contributed by atoms with van der Waals surface area (Å²) in [5.74, 6) is 0.756. The summed E-state index contributed by atoms with van der Waals surface area (Å²) < 4.78 is 16.5. The lowest BCUT2D eigenvalue weighted by Gasteiger charge is -2.22. The van der Waals surface area contributed by atoms with E-state index in [1.54, 1.807) is 12.4 Å². The van der Waals surface area contributed by atoms with Crippen LogP contribution in [0.5, 0.6) is 5.75 Å². The average Bonchev–Trinajstić information content (AvgIpc) is 2.40. The minimum atomic E-state index is 0.141. The molecule has 0 radical (unpaired) electrons. The number of aromatic nitrogens is 1. The van der Waals surface area contributed by atoms with Gasteiger partial charge in [0.2, 0.25) is 0 Å². The molecule has 1 aliphatic heterocycles. The normalized spacial score (nSPS) is 20.2. The number of nitrogens with zero attached hydrogens (tertiary/aromatic N) is 1. The molecule has 0 aliphatic carbocycles. The second-order valence-corrected chi connectivity index (χ2v) is 3.89. The Morgan fingerprint density at radius 3 is 3.18 bits per heavy atom. The minimum absolute atomic E-state index is 0.141. The van der Waals surface area contributed by atoms with Crippen molar-refractivity contribution in [2.75, 3.05) is 26.4 Å². The Labute approximate surface area is 101 Å². The van der Waals surface area contributed by atoms with Gasteiger partial charge in [-0.15, -0.1) is 0 Å². The van der Waals surface area contributed by atoms with Crippen molar-refractivity contribution >= 4 is 0 Å². The molecule has 1 fully saturated rings. The Balaban J connectivity index is 1.77. The van der Waals surface area contributed by atoms with Crippen molar-refractivity contribution in [1.29, 1.82) is 0 Å². The van der Waals surface area contributed by atoms with E-state index < -0.39 is 0 Å². The molecular weight excluding hydrogens is 220 g/mol. The van der Waals surface area contributed by atoms with Gasteiger partial charge >= 0.3 is 0 Å². The molecule has 0 amide bonds. The van der Waals surface area contributed by atoms with E-state index in [9.17, 15) is 0 Å². The monoisotopic (exact) mass is 238 g/mol. The molecule has 1 aliphatic rings. The zero-order valence-corrected chi connectivity index (χ0v) is 9.80. The number of nitrogens with two attached hydrogens (primary N) is 1. The van der Waals surface area contributed by atoms with Crippen LogP contribution in [0.1, 0.15) is 12.0 Å². The summed E-state index contributed by atoms with van der Waals surface area (Å²) in [6.07, 6.45) is 4.37. The Morgan fingerprint density at radius 1 is 1.47 bits per heavy atom. The SMILES string of the molecule is NCc1ccncc1OCCC1COCCO1. The van der Waals surface area contributed by atoms with Gasteiger partial charge in [-0.25, -0.2) is 0 Å². The largest absolute Gasteiger partial charge is 0.492 e. The predicted molar refractivity (Wildman–Crippen MR) is 62.8 cm³/mol. The Kier molecular flexibility index (Phi) is 4.73. The van der Waals surface area contributed by atoms with Gasteiger partial charge in [-0.2, -0.15) is 0 Å². The highest BCUT2D eigenvalue weighted by Gasteiger charge is 2.14. The summed E-state index contributed by atoms with van der Waals surface area (Å²) in [5, 5.41) is 0. The maximum atomic E-state index is 5.65. The topological polar surface area (TPSA) is 66.6 Å². The fraction of sp³-hybridized carbons (Fsp3) is 0.583. The van der Waals surface area contributed by atoms with E-state index in [4.69, 9.17) is 19.9 Å². The molecule has 0 saturated carbocycles. The molecule has 1 unspecified atom stereocenters. The van der Waals surface area contributed by atoms with Crippen molar-refractivity contribution in [3.63, 3.8) is 0 Å². The maximum absolute atomic E-state index is 5.65. The number of rotatable bonds is 5. The number of ether oxygens (including phenoxy) is 3. The summed E-state index contributed by atoms with van der Waals surface area (Å²) in [6.45, 7) is 3.07. The van der Waals surface area contributed by atoms with E-state index in [2.05, 4.69) is 4.98 Å². The van der Waals surface area contributed by atoms with Gasteiger partial charge in [-0.05, 0) is 6.07 Å². The van der Waals surface area contributed by atoms with Gasteiger partial charge in [0.1, 0.15) is 5.75 Å². The highest BCUT2D eigenvalue weighted by molar-refractivity contribution is 5.29. The van der Waals surface area contributed by atoms with Gasteiger partial charge in [-0.3, -0.25) is 4.98 Å². The van der Waals surface area contributed by atoms with Crippen molar-refractivity contribution in [2.24, 2.45) is 5.73 Å². The van der Waals surface area contributed by atoms with Crippen LogP contribution < -0.4 is 10.5 Å². The van der Waals surface area contributed by atoms with Crippen LogP contribution in [0.25, 0.3) is 0 Å². The van der Waals surface area contributed by atoms with Gasteiger partial charge in [0.05, 0.1) is 38.7 Å². The van der Waals surface area contributed by atoms with Crippen molar-refractivity contribution < 1.29 is 14.2 Å². The van der Waals surface area contributed by atoms with Crippen LogP contribution in [0.2, 0.25) is 0 Å². The maximum Gasteiger partial charge on any atom is 0.142 e. The number of hydrogen-bond acceptors (Lipinski definition) is 5. The molecule has 2 rings (SSSR count). The fourth-order valence-electron chi connectivity index (χ4n) is 1.71. The predicted octanol–water partition coefficient (Wildman–Crippen LogP) is 0.725. The molecule has 1 aromatic heterocycles. The van der Waals surface area contributed by atoms with Crippen LogP contribution in [-0.2, 0) is 16.0 Å². The molecule has 94 valence electrons. The summed E-state index contributed by atoms with van der Waals surface area (Å²) in [6, 6.07) is 1.87. The highest BCUT2D eigenvalue weighted by atomic mass is 16.6. The van der Waals surface area contributed by atoms with Crippen LogP contribution >= 0.6 is 0 Å². The van der Waals surface area contributed by atoms with E-state index in [0.29, 0.717) is 33.0 Å². The lowest BCUT2D eigenvalue weighted by Crippen LogP contribution is -2.30. The molecule has 1 aromatic rings. The third-order valence-electron chi connectivity index (χ3n) is 2.67. The third-order valence-corrected chi connectivity index (χ3v) is 2.67. The average molecular weight is 238 g/mol. The van der Waals surface area contributed by atoms with Crippen molar-refractivity contribution in [3.8, 4) is 5.75 Å². The van der Waals surface area contributed by atoms with Crippen LogP contribution in [0.3, 0.4) is 0 Å². The first-order chi connectivity index (χ1) is 8.40. The van der Waals surface area contributed by atoms with E-state index >= 15 is 0 Å². The Morgan fingerprint density at radius 2 is 2.41 bits per heavy atom. The number of hydrogen-bond donors (Lipinski definition) is 1. The summed E-state index contributed by atoms with van der Waals surface area (Å²) in [5.41, 5.74) is 6.59. The molecule has 1 atom stereocenters. The molecule has 5 nitrogen and oxygen atoms in total. The van der Waals surface area contributed by atoms with Crippen molar-refractivity contribution in [1.82, 2.24) is 4.98 Å². The second kappa shape index (κ2) is 6.54. The van der Waals surface area contributed by atoms with Gasteiger partial charge in [0.25, 0.3) is 0 Å². The Hall–Kier alpha value is -1.17. The molecule has 1 saturated heterocycles. The first kappa shape index (κ1) is 12.3. The quantitative estimate of drug-likeness (QED) is 0.819. The van der Waals surface area contributed by atoms with Crippen molar-refractivity contribution in [3.05, 3.63) is 24.0 Å². The van der Waals surface area contributed by atoms with E-state index in [1.165, 1.54) is 0 Å². The zero-order chi connectivity index (χ0) is 11.9. The van der Waals surface area contributed by atoms with Crippen LogP contribution in [-0.4, -0.2) is 37.5 Å². The fourth-order valence-corrected chi connectivity index (χ4v) is 1.71.